The maximum Gasteiger partial charge on any atom is 0.0460 e. The molecule has 2 heteroatoms. The Balaban J connectivity index is 1.83. The maximum absolute atomic E-state index is 4.22. The van der Waals surface area contributed by atoms with E-state index in [0.29, 0.717) is 0 Å². The molecule has 0 bridgehead atoms. The fourth-order valence-corrected chi connectivity index (χ4v) is 4.05. The molecule has 0 aliphatic carbocycles. The molecule has 31 heavy (non-hydrogen) atoms. The number of hydrogen-bond donors (Lipinski definition) is 2. The molecule has 2 N–H and O–H groups in total. The van der Waals surface area contributed by atoms with E-state index >= 15 is 0 Å². The monoisotopic (exact) mass is 416 g/mol. The van der Waals surface area contributed by atoms with Crippen molar-refractivity contribution in [2.75, 3.05) is 10.6 Å². The zero-order valence-electron chi connectivity index (χ0n) is 19.8. The summed E-state index contributed by atoms with van der Waals surface area (Å²) in [7, 11) is 0. The van der Waals surface area contributed by atoms with Gasteiger partial charge in [-0.15, -0.1) is 0 Å². The number of unbranched alkanes of at least 4 members (excludes halogenated alkanes) is 1. The van der Waals surface area contributed by atoms with E-state index in [9.17, 15) is 0 Å². The van der Waals surface area contributed by atoms with Crippen LogP contribution in [0, 0.1) is 12.8 Å². The van der Waals surface area contributed by atoms with Crippen molar-refractivity contribution in [2.45, 2.75) is 65.7 Å². The molecule has 2 aromatic carbocycles. The Morgan fingerprint density at radius 2 is 1.71 bits per heavy atom. The molecule has 1 unspecified atom stereocenters. The molecular formula is C29H40N2. The van der Waals surface area contributed by atoms with Crippen molar-refractivity contribution >= 4 is 23.1 Å². The molecule has 0 amide bonds. The maximum atomic E-state index is 4.22. The second-order valence-electron chi connectivity index (χ2n) is 8.46. The van der Waals surface area contributed by atoms with Crippen molar-refractivity contribution in [1.29, 1.82) is 0 Å². The van der Waals surface area contributed by atoms with E-state index in [-0.39, 0.29) is 0 Å². The first-order chi connectivity index (χ1) is 15.0. The van der Waals surface area contributed by atoms with E-state index in [2.05, 4.69) is 87.5 Å². The molecule has 0 aliphatic rings. The zero-order chi connectivity index (χ0) is 22.6. The Morgan fingerprint density at radius 1 is 0.968 bits per heavy atom. The molecule has 2 rings (SSSR count). The minimum Gasteiger partial charge on any atom is -0.359 e. The Morgan fingerprint density at radius 3 is 2.35 bits per heavy atom. The summed E-state index contributed by atoms with van der Waals surface area (Å²) in [4.78, 5) is 0. The summed E-state index contributed by atoms with van der Waals surface area (Å²) in [6.07, 6.45) is 10.7. The Hall–Kier alpha value is -2.74. The van der Waals surface area contributed by atoms with Crippen LogP contribution >= 0.6 is 0 Å². The normalized spacial score (nSPS) is 11.6. The van der Waals surface area contributed by atoms with Crippen molar-refractivity contribution in [3.63, 3.8) is 0 Å². The van der Waals surface area contributed by atoms with Crippen LogP contribution in [0.2, 0.25) is 0 Å². The van der Waals surface area contributed by atoms with Crippen LogP contribution in [0.3, 0.4) is 0 Å². The predicted octanol–water partition coefficient (Wildman–Crippen LogP) is 9.03. The van der Waals surface area contributed by atoms with Gasteiger partial charge >= 0.3 is 0 Å². The number of rotatable bonds is 14. The Labute approximate surface area is 190 Å². The second kappa shape index (κ2) is 12.8. The lowest BCUT2D eigenvalue weighted by atomic mass is 9.94. The third-order valence-corrected chi connectivity index (χ3v) is 5.98. The van der Waals surface area contributed by atoms with Crippen molar-refractivity contribution < 1.29 is 0 Å². The van der Waals surface area contributed by atoms with Gasteiger partial charge in [-0.3, -0.25) is 0 Å². The van der Waals surface area contributed by atoms with Crippen LogP contribution in [-0.2, 0) is 0 Å². The van der Waals surface area contributed by atoms with Gasteiger partial charge in [-0.1, -0.05) is 96.0 Å². The first-order valence-electron chi connectivity index (χ1n) is 11.7. The van der Waals surface area contributed by atoms with Crippen LogP contribution in [0.5, 0.6) is 0 Å². The minimum atomic E-state index is 0.872. The SMILES string of the molecule is C=Cc1c(C)cccc1NC(=C)c1ccc(NC(=C)CCCCC(CC)CCC)cc1. The van der Waals surface area contributed by atoms with Gasteiger partial charge in [0.15, 0.2) is 0 Å². The van der Waals surface area contributed by atoms with Gasteiger partial charge in [0.25, 0.3) is 0 Å². The highest BCUT2D eigenvalue weighted by Crippen LogP contribution is 2.26. The summed E-state index contributed by atoms with van der Waals surface area (Å²) >= 11 is 0. The Bertz CT molecular complexity index is 861. The molecule has 2 aromatic rings. The van der Waals surface area contributed by atoms with Gasteiger partial charge in [0, 0.05) is 28.3 Å². The summed E-state index contributed by atoms with van der Waals surface area (Å²) in [6.45, 7) is 19.0. The van der Waals surface area contributed by atoms with Gasteiger partial charge in [0.1, 0.15) is 0 Å². The molecule has 0 heterocycles. The van der Waals surface area contributed by atoms with Crippen molar-refractivity contribution in [3.8, 4) is 0 Å². The minimum absolute atomic E-state index is 0.872. The molecule has 166 valence electrons. The van der Waals surface area contributed by atoms with E-state index in [1.807, 2.05) is 12.1 Å². The second-order valence-corrected chi connectivity index (χ2v) is 8.46. The van der Waals surface area contributed by atoms with Gasteiger partial charge in [0.2, 0.25) is 0 Å². The van der Waals surface area contributed by atoms with E-state index in [1.54, 1.807) is 0 Å². The lowest BCUT2D eigenvalue weighted by molar-refractivity contribution is 0.413. The molecule has 0 aromatic heterocycles. The lowest BCUT2D eigenvalue weighted by Gasteiger charge is -2.15. The molecule has 0 saturated carbocycles. The number of aryl methyl sites for hydroxylation is 1. The molecule has 0 fully saturated rings. The lowest BCUT2D eigenvalue weighted by Crippen LogP contribution is -2.02. The van der Waals surface area contributed by atoms with E-state index in [4.69, 9.17) is 0 Å². The molecule has 2 nitrogen and oxygen atoms in total. The fraction of sp³-hybridized carbons (Fsp3) is 0.379. The van der Waals surface area contributed by atoms with Gasteiger partial charge in [-0.05, 0) is 55.0 Å². The first kappa shape index (κ1) is 24.5. The number of nitrogens with one attached hydrogen (secondary N) is 2. The molecule has 0 saturated heterocycles. The summed E-state index contributed by atoms with van der Waals surface area (Å²) in [5.41, 5.74) is 7.43. The van der Waals surface area contributed by atoms with Crippen LogP contribution in [-0.4, -0.2) is 0 Å². The highest BCUT2D eigenvalue weighted by molar-refractivity contribution is 5.81. The van der Waals surface area contributed by atoms with E-state index in [0.717, 1.165) is 46.2 Å². The summed E-state index contributed by atoms with van der Waals surface area (Å²) < 4.78 is 0. The molecule has 0 aliphatic heterocycles. The van der Waals surface area contributed by atoms with Crippen molar-refractivity contribution in [2.24, 2.45) is 5.92 Å². The average Bonchev–Trinajstić information content (AvgIpc) is 2.76. The number of anilines is 2. The molecule has 0 radical (unpaired) electrons. The fourth-order valence-electron chi connectivity index (χ4n) is 4.05. The quantitative estimate of drug-likeness (QED) is 0.300. The topological polar surface area (TPSA) is 24.1 Å². The summed E-state index contributed by atoms with van der Waals surface area (Å²) in [5.74, 6) is 0.892. The zero-order valence-corrected chi connectivity index (χ0v) is 19.8. The van der Waals surface area contributed by atoms with Gasteiger partial charge in [-0.2, -0.15) is 0 Å². The van der Waals surface area contributed by atoms with E-state index < -0.39 is 0 Å². The third-order valence-electron chi connectivity index (χ3n) is 5.98. The predicted molar refractivity (Wildman–Crippen MR) is 140 cm³/mol. The number of hydrogen-bond acceptors (Lipinski definition) is 2. The van der Waals surface area contributed by atoms with Crippen LogP contribution < -0.4 is 10.6 Å². The molecule has 1 atom stereocenters. The van der Waals surface area contributed by atoms with Gasteiger partial charge in [-0.25, -0.2) is 0 Å². The number of benzene rings is 2. The smallest absolute Gasteiger partial charge is 0.0460 e. The molecular weight excluding hydrogens is 376 g/mol. The third kappa shape index (κ3) is 7.79. The first-order valence-corrected chi connectivity index (χ1v) is 11.7. The van der Waals surface area contributed by atoms with Crippen LogP contribution in [0.25, 0.3) is 11.8 Å². The Kier molecular flexibility index (Phi) is 10.2. The highest BCUT2D eigenvalue weighted by Gasteiger charge is 2.07. The van der Waals surface area contributed by atoms with Crippen LogP contribution in [0.1, 0.15) is 75.5 Å². The van der Waals surface area contributed by atoms with Crippen molar-refractivity contribution in [1.82, 2.24) is 0 Å². The standard InChI is InChI=1S/C29H40N2/c1-7-13-25(8-2)16-11-10-15-23(5)30-27-20-18-26(19-21-27)24(6)31-29-17-12-14-22(4)28(29)9-3/h9,12,14,17-21,25,30-31H,3,5-8,10-11,13,15-16H2,1-2,4H3. The summed E-state index contributed by atoms with van der Waals surface area (Å²) in [5, 5.41) is 6.89. The van der Waals surface area contributed by atoms with E-state index in [1.165, 1.54) is 44.1 Å². The van der Waals surface area contributed by atoms with Crippen molar-refractivity contribution in [3.05, 3.63) is 84.6 Å². The molecule has 0 spiro atoms. The van der Waals surface area contributed by atoms with Gasteiger partial charge in [0.05, 0.1) is 0 Å². The van der Waals surface area contributed by atoms with Crippen LogP contribution in [0.15, 0.2) is 67.9 Å². The summed E-state index contributed by atoms with van der Waals surface area (Å²) in [6, 6.07) is 14.5. The average molecular weight is 417 g/mol. The largest absolute Gasteiger partial charge is 0.359 e. The van der Waals surface area contributed by atoms with Gasteiger partial charge < -0.3 is 10.6 Å². The highest BCUT2D eigenvalue weighted by atomic mass is 14.9. The van der Waals surface area contributed by atoms with Crippen LogP contribution in [0.4, 0.5) is 11.4 Å². The number of allylic oxidation sites excluding steroid dienone is 1.